The van der Waals surface area contributed by atoms with E-state index < -0.39 is 0 Å². The first-order valence-corrected chi connectivity index (χ1v) is 10.5. The zero-order valence-electron chi connectivity index (χ0n) is 16.9. The van der Waals surface area contributed by atoms with Crippen molar-refractivity contribution in [2.45, 2.75) is 25.6 Å². The van der Waals surface area contributed by atoms with Crippen LogP contribution in [0.2, 0.25) is 5.02 Å². The summed E-state index contributed by atoms with van der Waals surface area (Å²) in [4.78, 5) is 12.1. The Kier molecular flexibility index (Phi) is 5.59. The average molecular weight is 441 g/mol. The fraction of sp³-hybridized carbons (Fsp3) is 0.318. The summed E-state index contributed by atoms with van der Waals surface area (Å²) in [7, 11) is 0. The van der Waals surface area contributed by atoms with Crippen molar-refractivity contribution in [2.75, 3.05) is 19.8 Å². The highest BCUT2D eigenvalue weighted by molar-refractivity contribution is 6.33. The molecule has 1 unspecified atom stereocenters. The van der Waals surface area contributed by atoms with Crippen LogP contribution in [0, 0.1) is 0 Å². The van der Waals surface area contributed by atoms with E-state index in [-0.39, 0.29) is 12.2 Å². The quantitative estimate of drug-likeness (QED) is 0.451. The minimum absolute atomic E-state index is 0.120. The normalized spacial score (nSPS) is 18.6. The molecule has 1 fully saturated rings. The summed E-state index contributed by atoms with van der Waals surface area (Å²) in [6.07, 6.45) is 0.586. The van der Waals surface area contributed by atoms with E-state index in [4.69, 9.17) is 30.3 Å². The van der Waals surface area contributed by atoms with Crippen LogP contribution in [0.4, 0.5) is 0 Å². The maximum absolute atomic E-state index is 6.47. The van der Waals surface area contributed by atoms with Gasteiger partial charge in [0.1, 0.15) is 17.5 Å². The van der Waals surface area contributed by atoms with Gasteiger partial charge in [-0.15, -0.1) is 0 Å². The molecular formula is C22H21ClN4O4. The zero-order valence-corrected chi connectivity index (χ0v) is 17.6. The first kappa shape index (κ1) is 20.0. The Hall–Kier alpha value is -2.94. The molecule has 31 heavy (non-hydrogen) atoms. The van der Waals surface area contributed by atoms with Gasteiger partial charge in [-0.3, -0.25) is 0 Å². The van der Waals surface area contributed by atoms with Crippen LogP contribution in [-0.4, -0.2) is 52.1 Å². The zero-order chi connectivity index (χ0) is 21.2. The van der Waals surface area contributed by atoms with Crippen LogP contribution in [0.1, 0.15) is 13.3 Å². The molecule has 5 rings (SSSR count). The first-order valence-electron chi connectivity index (χ1n) is 10.2. The van der Waals surface area contributed by atoms with Crippen molar-refractivity contribution in [1.82, 2.24) is 20.1 Å². The van der Waals surface area contributed by atoms with Gasteiger partial charge in [0.05, 0.1) is 23.8 Å². The summed E-state index contributed by atoms with van der Waals surface area (Å²) in [5.41, 5.74) is 3.26. The van der Waals surface area contributed by atoms with Gasteiger partial charge in [0, 0.05) is 18.2 Å². The van der Waals surface area contributed by atoms with Gasteiger partial charge in [-0.2, -0.15) is 4.98 Å². The second kappa shape index (κ2) is 8.66. The van der Waals surface area contributed by atoms with Gasteiger partial charge in [-0.25, -0.2) is 4.98 Å². The van der Waals surface area contributed by atoms with E-state index in [0.717, 1.165) is 12.0 Å². The van der Waals surface area contributed by atoms with E-state index in [9.17, 15) is 0 Å². The Morgan fingerprint density at radius 2 is 1.97 bits per heavy atom. The van der Waals surface area contributed by atoms with Gasteiger partial charge in [0.15, 0.2) is 17.5 Å². The summed E-state index contributed by atoms with van der Waals surface area (Å²) in [6.45, 7) is 3.69. The highest BCUT2D eigenvalue weighted by Crippen LogP contribution is 2.32. The number of nitrogens with zero attached hydrogens (tertiary/aromatic N) is 3. The van der Waals surface area contributed by atoms with E-state index >= 15 is 0 Å². The van der Waals surface area contributed by atoms with Crippen LogP contribution < -0.4 is 4.74 Å². The molecule has 1 aliphatic heterocycles. The average Bonchev–Trinajstić information content (AvgIpc) is 3.52. The molecule has 1 saturated heterocycles. The van der Waals surface area contributed by atoms with Crippen molar-refractivity contribution in [3.63, 3.8) is 0 Å². The lowest BCUT2D eigenvalue weighted by Gasteiger charge is -2.17. The van der Waals surface area contributed by atoms with E-state index in [1.54, 1.807) is 6.07 Å². The van der Waals surface area contributed by atoms with Crippen LogP contribution in [0.5, 0.6) is 6.01 Å². The number of H-pyrrole nitrogens is 1. The van der Waals surface area contributed by atoms with Gasteiger partial charge < -0.3 is 23.7 Å². The van der Waals surface area contributed by atoms with Crippen molar-refractivity contribution in [3.8, 4) is 28.7 Å². The van der Waals surface area contributed by atoms with Crippen molar-refractivity contribution in [3.05, 3.63) is 47.5 Å². The van der Waals surface area contributed by atoms with E-state index in [1.165, 1.54) is 0 Å². The number of imidazole rings is 1. The molecule has 0 bridgehead atoms. The molecule has 4 aromatic rings. The number of halogens is 1. The lowest BCUT2D eigenvalue weighted by Crippen LogP contribution is -2.33. The number of hydrogen-bond acceptors (Lipinski definition) is 7. The number of pyridine rings is 1. The first-order chi connectivity index (χ1) is 15.2. The second-order valence-electron chi connectivity index (χ2n) is 7.28. The van der Waals surface area contributed by atoms with Gasteiger partial charge >= 0.3 is 0 Å². The minimum atomic E-state index is -0.232. The number of benzene rings is 1. The summed E-state index contributed by atoms with van der Waals surface area (Å²) >= 11 is 6.47. The van der Waals surface area contributed by atoms with Crippen molar-refractivity contribution in [1.29, 1.82) is 0 Å². The molecule has 0 aliphatic carbocycles. The number of rotatable bonds is 7. The van der Waals surface area contributed by atoms with Gasteiger partial charge in [0.25, 0.3) is 6.01 Å². The number of aromatic nitrogens is 4. The summed E-state index contributed by atoms with van der Waals surface area (Å²) in [6, 6.07) is 13.7. The Labute approximate surface area is 183 Å². The molecule has 0 spiro atoms. The van der Waals surface area contributed by atoms with Gasteiger partial charge in [-0.1, -0.05) is 54.0 Å². The number of ether oxygens (including phenoxy) is 3. The number of nitrogens with one attached hydrogen (secondary N) is 1. The SMILES string of the molecule is CCCO[C@H]1COCC1Oc1nc2nc(-c3cc(-c4ccccc4)no3)c(Cl)cc2[nH]1. The standard InChI is InChI=1S/C22H21ClN4O4/c1-2-8-29-18-11-28-12-19(18)30-22-24-16-9-14(23)20(25-21(16)26-22)17-10-15(27-31-17)13-6-4-3-5-7-13/h3-7,9-10,18-19H,2,8,11-12H2,1H3,(H,24,25,26)/t18-,19?/m0/s1. The monoisotopic (exact) mass is 440 g/mol. The van der Waals surface area contributed by atoms with E-state index in [2.05, 4.69) is 27.0 Å². The smallest absolute Gasteiger partial charge is 0.296 e. The number of fused-ring (bicyclic) bond motifs is 1. The highest BCUT2D eigenvalue weighted by Gasteiger charge is 2.31. The van der Waals surface area contributed by atoms with Crippen molar-refractivity contribution < 1.29 is 18.7 Å². The van der Waals surface area contributed by atoms with Gasteiger partial charge in [-0.05, 0) is 12.5 Å². The summed E-state index contributed by atoms with van der Waals surface area (Å²) in [5, 5.41) is 4.56. The van der Waals surface area contributed by atoms with Crippen LogP contribution in [-0.2, 0) is 9.47 Å². The lowest BCUT2D eigenvalue weighted by molar-refractivity contribution is -0.00235. The Morgan fingerprint density at radius 1 is 1.13 bits per heavy atom. The third kappa shape index (κ3) is 4.14. The molecular weight excluding hydrogens is 420 g/mol. The highest BCUT2D eigenvalue weighted by atomic mass is 35.5. The van der Waals surface area contributed by atoms with Crippen LogP contribution in [0.3, 0.4) is 0 Å². The molecule has 2 atom stereocenters. The molecule has 0 amide bonds. The molecule has 1 N–H and O–H groups in total. The third-order valence-electron chi connectivity index (χ3n) is 5.00. The molecule has 4 heterocycles. The minimum Gasteiger partial charge on any atom is -0.456 e. The van der Waals surface area contributed by atoms with Crippen molar-refractivity contribution >= 4 is 22.8 Å². The molecule has 1 aromatic carbocycles. The molecule has 0 saturated carbocycles. The topological polar surface area (TPSA) is 95.3 Å². The summed E-state index contributed by atoms with van der Waals surface area (Å²) < 4.78 is 22.8. The molecule has 8 nitrogen and oxygen atoms in total. The Balaban J connectivity index is 1.39. The van der Waals surface area contributed by atoms with Crippen molar-refractivity contribution in [2.24, 2.45) is 0 Å². The third-order valence-corrected chi connectivity index (χ3v) is 5.28. The fourth-order valence-corrected chi connectivity index (χ4v) is 3.69. The Morgan fingerprint density at radius 3 is 2.81 bits per heavy atom. The van der Waals surface area contributed by atoms with E-state index in [0.29, 0.717) is 59.2 Å². The lowest BCUT2D eigenvalue weighted by atomic mass is 10.1. The molecule has 0 radical (unpaired) electrons. The summed E-state index contributed by atoms with van der Waals surface area (Å²) in [5.74, 6) is 0.466. The van der Waals surface area contributed by atoms with Crippen LogP contribution in [0.15, 0.2) is 47.0 Å². The van der Waals surface area contributed by atoms with Crippen LogP contribution in [0.25, 0.3) is 33.9 Å². The predicted octanol–water partition coefficient (Wildman–Crippen LogP) is 4.51. The van der Waals surface area contributed by atoms with E-state index in [1.807, 2.05) is 36.4 Å². The molecule has 9 heteroatoms. The molecule has 3 aromatic heterocycles. The number of hydrogen-bond donors (Lipinski definition) is 1. The molecule has 1 aliphatic rings. The maximum Gasteiger partial charge on any atom is 0.296 e. The van der Waals surface area contributed by atoms with Gasteiger partial charge in [0.2, 0.25) is 0 Å². The van der Waals surface area contributed by atoms with Crippen LogP contribution >= 0.6 is 11.6 Å². The maximum atomic E-state index is 6.47. The largest absolute Gasteiger partial charge is 0.456 e. The predicted molar refractivity (Wildman–Crippen MR) is 115 cm³/mol. The second-order valence-corrected chi connectivity index (χ2v) is 7.68. The molecule has 160 valence electrons. The number of aromatic amines is 1. The Bertz CT molecular complexity index is 1180. The fourth-order valence-electron chi connectivity index (χ4n) is 3.45.